The van der Waals surface area contributed by atoms with Crippen molar-refractivity contribution in [2.45, 2.75) is 20.0 Å². The van der Waals surface area contributed by atoms with Crippen molar-refractivity contribution in [1.82, 2.24) is 0 Å². The normalized spacial score (nSPS) is 11.1. The second-order valence-electron chi connectivity index (χ2n) is 3.21. The van der Waals surface area contributed by atoms with E-state index in [0.717, 1.165) is 20.5 Å². The van der Waals surface area contributed by atoms with E-state index in [0.29, 0.717) is 6.42 Å². The van der Waals surface area contributed by atoms with Gasteiger partial charge in [-0.2, -0.15) is 0 Å². The molecular formula is C11H11FOS. The molecule has 2 aromatic rings. The van der Waals surface area contributed by atoms with Crippen molar-refractivity contribution in [3.8, 4) is 0 Å². The van der Waals surface area contributed by atoms with Crippen LogP contribution in [0.3, 0.4) is 0 Å². The highest BCUT2D eigenvalue weighted by Gasteiger charge is 2.06. The minimum absolute atomic E-state index is 0.0302. The first-order valence-corrected chi connectivity index (χ1v) is 5.38. The highest BCUT2D eigenvalue weighted by molar-refractivity contribution is 7.19. The monoisotopic (exact) mass is 210 g/mol. The molecule has 14 heavy (non-hydrogen) atoms. The average Bonchev–Trinajstić information content (AvgIpc) is 2.58. The zero-order valence-electron chi connectivity index (χ0n) is 7.88. The number of halogens is 1. The summed E-state index contributed by atoms with van der Waals surface area (Å²) in [5.41, 5.74) is 0.736. The molecule has 0 amide bonds. The third-order valence-corrected chi connectivity index (χ3v) is 3.36. The van der Waals surface area contributed by atoms with Gasteiger partial charge in [-0.15, -0.1) is 11.3 Å². The van der Waals surface area contributed by atoms with E-state index in [4.69, 9.17) is 5.11 Å². The van der Waals surface area contributed by atoms with Gasteiger partial charge in [0.05, 0.1) is 6.61 Å². The van der Waals surface area contributed by atoms with Gasteiger partial charge in [0.2, 0.25) is 0 Å². The molecule has 1 N–H and O–H groups in total. The van der Waals surface area contributed by atoms with Crippen LogP contribution in [-0.4, -0.2) is 5.11 Å². The van der Waals surface area contributed by atoms with E-state index in [9.17, 15) is 4.39 Å². The molecule has 2 rings (SSSR count). The number of aliphatic hydroxyl groups is 1. The van der Waals surface area contributed by atoms with E-state index in [-0.39, 0.29) is 12.4 Å². The molecule has 0 aliphatic rings. The molecule has 1 nitrogen and oxygen atoms in total. The molecule has 0 saturated heterocycles. The topological polar surface area (TPSA) is 20.2 Å². The number of aliphatic hydroxyl groups excluding tert-OH is 1. The van der Waals surface area contributed by atoms with Crippen LogP contribution in [0.4, 0.5) is 4.39 Å². The Hall–Kier alpha value is -0.930. The van der Waals surface area contributed by atoms with Crippen molar-refractivity contribution in [3.63, 3.8) is 0 Å². The second-order valence-corrected chi connectivity index (χ2v) is 4.37. The third kappa shape index (κ3) is 1.53. The van der Waals surface area contributed by atoms with Crippen LogP contribution in [0.5, 0.6) is 0 Å². The van der Waals surface area contributed by atoms with Crippen molar-refractivity contribution in [2.24, 2.45) is 0 Å². The number of rotatable bonds is 2. The first-order valence-electron chi connectivity index (χ1n) is 4.56. The van der Waals surface area contributed by atoms with E-state index < -0.39 is 0 Å². The number of hydrogen-bond acceptors (Lipinski definition) is 2. The molecule has 0 bridgehead atoms. The predicted molar refractivity (Wildman–Crippen MR) is 57.1 cm³/mol. The largest absolute Gasteiger partial charge is 0.391 e. The van der Waals surface area contributed by atoms with E-state index in [1.807, 2.05) is 19.1 Å². The average molecular weight is 210 g/mol. The van der Waals surface area contributed by atoms with Crippen molar-refractivity contribution >= 4 is 21.4 Å². The summed E-state index contributed by atoms with van der Waals surface area (Å²) in [6.07, 6.45) is 0.700. The summed E-state index contributed by atoms with van der Waals surface area (Å²) in [4.78, 5) is 0.882. The number of aryl methyl sites for hydroxylation is 1. The maximum Gasteiger partial charge on any atom is 0.127 e. The van der Waals surface area contributed by atoms with Crippen molar-refractivity contribution < 1.29 is 9.50 Å². The van der Waals surface area contributed by atoms with Crippen LogP contribution in [-0.2, 0) is 13.0 Å². The Morgan fingerprint density at radius 2 is 2.14 bits per heavy atom. The van der Waals surface area contributed by atoms with Crippen molar-refractivity contribution in [2.75, 3.05) is 0 Å². The van der Waals surface area contributed by atoms with E-state index >= 15 is 0 Å². The molecule has 1 heterocycles. The van der Waals surface area contributed by atoms with Crippen LogP contribution in [0.1, 0.15) is 17.4 Å². The Balaban J connectivity index is 2.64. The van der Waals surface area contributed by atoms with Crippen LogP contribution < -0.4 is 0 Å². The van der Waals surface area contributed by atoms with Gasteiger partial charge in [0.15, 0.2) is 0 Å². The second kappa shape index (κ2) is 3.67. The number of benzene rings is 1. The molecule has 1 aromatic heterocycles. The van der Waals surface area contributed by atoms with Crippen LogP contribution in [0.15, 0.2) is 18.2 Å². The zero-order chi connectivity index (χ0) is 10.1. The molecule has 74 valence electrons. The summed E-state index contributed by atoms with van der Waals surface area (Å²) < 4.78 is 14.3. The molecule has 0 aliphatic carbocycles. The molecule has 0 atom stereocenters. The van der Waals surface area contributed by atoms with Gasteiger partial charge >= 0.3 is 0 Å². The maximum absolute atomic E-state index is 13.4. The third-order valence-electron chi connectivity index (χ3n) is 2.27. The summed E-state index contributed by atoms with van der Waals surface area (Å²) in [5, 5.41) is 9.98. The van der Waals surface area contributed by atoms with E-state index in [1.54, 1.807) is 6.07 Å². The highest BCUT2D eigenvalue weighted by atomic mass is 32.1. The SMILES string of the molecule is CCc1cc2cc(CO)sc2cc1F. The lowest BCUT2D eigenvalue weighted by atomic mass is 10.1. The Bertz CT molecular complexity index is 462. The van der Waals surface area contributed by atoms with Gasteiger partial charge in [-0.3, -0.25) is 0 Å². The molecule has 1 aromatic carbocycles. The van der Waals surface area contributed by atoms with Crippen molar-refractivity contribution in [1.29, 1.82) is 0 Å². The Kier molecular flexibility index (Phi) is 2.52. The van der Waals surface area contributed by atoms with Gasteiger partial charge in [-0.1, -0.05) is 6.92 Å². The molecule has 0 spiro atoms. The molecule has 3 heteroatoms. The molecular weight excluding hydrogens is 199 g/mol. The molecule has 0 radical (unpaired) electrons. The Labute approximate surface area is 85.8 Å². The number of fused-ring (bicyclic) bond motifs is 1. The zero-order valence-corrected chi connectivity index (χ0v) is 8.70. The summed E-state index contributed by atoms with van der Waals surface area (Å²) in [6, 6.07) is 5.33. The van der Waals surface area contributed by atoms with Gasteiger partial charge in [0.1, 0.15) is 5.82 Å². The van der Waals surface area contributed by atoms with E-state index in [1.165, 1.54) is 11.3 Å². The molecule has 0 fully saturated rings. The molecule has 0 saturated carbocycles. The molecule has 0 aliphatic heterocycles. The van der Waals surface area contributed by atoms with Crippen molar-refractivity contribution in [3.05, 3.63) is 34.5 Å². The fourth-order valence-corrected chi connectivity index (χ4v) is 2.44. The smallest absolute Gasteiger partial charge is 0.127 e. The summed E-state index contributed by atoms with van der Waals surface area (Å²) in [7, 11) is 0. The summed E-state index contributed by atoms with van der Waals surface area (Å²) >= 11 is 1.44. The van der Waals surface area contributed by atoms with Crippen LogP contribution in [0.2, 0.25) is 0 Å². The van der Waals surface area contributed by atoms with Crippen LogP contribution in [0.25, 0.3) is 10.1 Å². The quantitative estimate of drug-likeness (QED) is 0.807. The van der Waals surface area contributed by atoms with E-state index in [2.05, 4.69) is 0 Å². The van der Waals surface area contributed by atoms with Gasteiger partial charge < -0.3 is 5.11 Å². The lowest BCUT2D eigenvalue weighted by molar-refractivity contribution is 0.285. The van der Waals surface area contributed by atoms with Crippen LogP contribution in [0, 0.1) is 5.82 Å². The fraction of sp³-hybridized carbons (Fsp3) is 0.273. The van der Waals surface area contributed by atoms with Crippen LogP contribution >= 0.6 is 11.3 Å². The molecule has 0 unspecified atom stereocenters. The highest BCUT2D eigenvalue weighted by Crippen LogP contribution is 2.28. The van der Waals surface area contributed by atoms with Gasteiger partial charge in [-0.05, 0) is 35.6 Å². The minimum atomic E-state index is -0.147. The predicted octanol–water partition coefficient (Wildman–Crippen LogP) is 3.10. The fourth-order valence-electron chi connectivity index (χ4n) is 1.51. The lowest BCUT2D eigenvalue weighted by Gasteiger charge is -1.98. The standard InChI is InChI=1S/C11H11FOS/c1-2-7-3-8-4-9(6-13)14-11(8)5-10(7)12/h3-5,13H,2,6H2,1H3. The maximum atomic E-state index is 13.4. The van der Waals surface area contributed by atoms with Gasteiger partial charge in [-0.25, -0.2) is 4.39 Å². The Morgan fingerprint density at radius 1 is 1.36 bits per heavy atom. The Morgan fingerprint density at radius 3 is 2.79 bits per heavy atom. The first-order chi connectivity index (χ1) is 6.74. The summed E-state index contributed by atoms with van der Waals surface area (Å²) in [5.74, 6) is -0.147. The number of thiophene rings is 1. The summed E-state index contributed by atoms with van der Waals surface area (Å²) in [6.45, 7) is 1.96. The number of hydrogen-bond donors (Lipinski definition) is 1. The lowest BCUT2D eigenvalue weighted by Crippen LogP contribution is -1.85. The van der Waals surface area contributed by atoms with Gasteiger partial charge in [0, 0.05) is 9.58 Å². The first kappa shape index (κ1) is 9.62. The minimum Gasteiger partial charge on any atom is -0.391 e. The van der Waals surface area contributed by atoms with Gasteiger partial charge in [0.25, 0.3) is 0 Å².